The SMILES string of the molecule is CC(C)(C)OC(=O)N[C@@H](c1cccc(O)c1)[C@H](O)C(=O)O. The van der Waals surface area contributed by atoms with E-state index < -0.39 is 29.8 Å². The van der Waals surface area contributed by atoms with Crippen molar-refractivity contribution in [3.05, 3.63) is 29.8 Å². The number of aliphatic hydroxyl groups excluding tert-OH is 1. The Morgan fingerprint density at radius 3 is 2.38 bits per heavy atom. The second-order valence-corrected chi connectivity index (χ2v) is 5.50. The van der Waals surface area contributed by atoms with Crippen LogP contribution in [0.25, 0.3) is 0 Å². The third-order valence-corrected chi connectivity index (χ3v) is 2.47. The van der Waals surface area contributed by atoms with Crippen LogP contribution in [0.15, 0.2) is 24.3 Å². The van der Waals surface area contributed by atoms with E-state index in [1.54, 1.807) is 20.8 Å². The van der Waals surface area contributed by atoms with E-state index in [4.69, 9.17) is 9.84 Å². The molecular weight excluding hydrogens is 278 g/mol. The van der Waals surface area contributed by atoms with Gasteiger partial charge in [-0.3, -0.25) is 0 Å². The first-order chi connectivity index (χ1) is 9.60. The van der Waals surface area contributed by atoms with Crippen molar-refractivity contribution in [1.29, 1.82) is 0 Å². The largest absolute Gasteiger partial charge is 0.508 e. The highest BCUT2D eigenvalue weighted by molar-refractivity contribution is 5.76. The number of amides is 1. The molecule has 0 heterocycles. The first kappa shape index (κ1) is 16.8. The lowest BCUT2D eigenvalue weighted by Gasteiger charge is -2.25. The Morgan fingerprint density at radius 1 is 1.29 bits per heavy atom. The van der Waals surface area contributed by atoms with Crippen LogP contribution in [0.4, 0.5) is 4.79 Å². The molecule has 4 N–H and O–H groups in total. The molecule has 0 saturated heterocycles. The highest BCUT2D eigenvalue weighted by Gasteiger charge is 2.30. The summed E-state index contributed by atoms with van der Waals surface area (Å²) in [6.45, 7) is 4.97. The molecule has 116 valence electrons. The van der Waals surface area contributed by atoms with Crippen molar-refractivity contribution >= 4 is 12.1 Å². The Morgan fingerprint density at radius 2 is 1.90 bits per heavy atom. The number of hydrogen-bond donors (Lipinski definition) is 4. The quantitative estimate of drug-likeness (QED) is 0.667. The van der Waals surface area contributed by atoms with Gasteiger partial charge in [-0.25, -0.2) is 9.59 Å². The van der Waals surface area contributed by atoms with Crippen molar-refractivity contribution in [2.45, 2.75) is 38.5 Å². The lowest BCUT2D eigenvalue weighted by atomic mass is 10.0. The summed E-state index contributed by atoms with van der Waals surface area (Å²) in [5.41, 5.74) is -0.516. The summed E-state index contributed by atoms with van der Waals surface area (Å²) in [7, 11) is 0. The fourth-order valence-electron chi connectivity index (χ4n) is 1.64. The molecule has 0 radical (unpaired) electrons. The van der Waals surface area contributed by atoms with Crippen molar-refractivity contribution in [3.8, 4) is 5.75 Å². The van der Waals surface area contributed by atoms with Crippen LogP contribution in [0.2, 0.25) is 0 Å². The Balaban J connectivity index is 2.99. The van der Waals surface area contributed by atoms with E-state index in [2.05, 4.69) is 5.32 Å². The molecular formula is C14H19NO6. The van der Waals surface area contributed by atoms with Crippen molar-refractivity contribution in [2.75, 3.05) is 0 Å². The summed E-state index contributed by atoms with van der Waals surface area (Å²) >= 11 is 0. The zero-order chi connectivity index (χ0) is 16.2. The number of carbonyl (C=O) groups is 2. The fourth-order valence-corrected chi connectivity index (χ4v) is 1.64. The number of phenolic OH excluding ortho intramolecular Hbond substituents is 1. The maximum atomic E-state index is 11.8. The van der Waals surface area contributed by atoms with Crippen LogP contribution in [0.1, 0.15) is 32.4 Å². The molecule has 0 bridgehead atoms. The van der Waals surface area contributed by atoms with E-state index in [-0.39, 0.29) is 11.3 Å². The molecule has 7 nitrogen and oxygen atoms in total. The summed E-state index contributed by atoms with van der Waals surface area (Å²) in [5, 5.41) is 30.4. The average Bonchev–Trinajstić information content (AvgIpc) is 2.32. The molecule has 0 spiro atoms. The predicted molar refractivity (Wildman–Crippen MR) is 73.9 cm³/mol. The van der Waals surface area contributed by atoms with Gasteiger partial charge in [-0.1, -0.05) is 12.1 Å². The number of carboxylic acids is 1. The molecule has 0 fully saturated rings. The number of benzene rings is 1. The van der Waals surface area contributed by atoms with Gasteiger partial charge in [-0.05, 0) is 38.5 Å². The number of alkyl carbamates (subject to hydrolysis) is 1. The lowest BCUT2D eigenvalue weighted by Crippen LogP contribution is -2.42. The summed E-state index contributed by atoms with van der Waals surface area (Å²) in [5.74, 6) is -1.61. The second kappa shape index (κ2) is 6.45. The fraction of sp³-hybridized carbons (Fsp3) is 0.429. The molecule has 0 aromatic heterocycles. The number of carbonyl (C=O) groups excluding carboxylic acids is 1. The molecule has 1 aromatic rings. The summed E-state index contributed by atoms with van der Waals surface area (Å²) < 4.78 is 5.03. The molecule has 2 atom stereocenters. The number of rotatable bonds is 4. The van der Waals surface area contributed by atoms with Gasteiger partial charge in [0, 0.05) is 0 Å². The van der Waals surface area contributed by atoms with E-state index in [0.717, 1.165) is 0 Å². The summed E-state index contributed by atoms with van der Waals surface area (Å²) in [4.78, 5) is 22.7. The molecule has 0 saturated carbocycles. The van der Waals surface area contributed by atoms with E-state index >= 15 is 0 Å². The third kappa shape index (κ3) is 5.31. The Kier molecular flexibility index (Phi) is 5.15. The first-order valence-corrected chi connectivity index (χ1v) is 6.29. The number of aliphatic carboxylic acids is 1. The monoisotopic (exact) mass is 297 g/mol. The number of hydrogen-bond acceptors (Lipinski definition) is 5. The maximum absolute atomic E-state index is 11.8. The Bertz CT molecular complexity index is 522. The smallest absolute Gasteiger partial charge is 0.408 e. The van der Waals surface area contributed by atoms with E-state index in [1.807, 2.05) is 0 Å². The predicted octanol–water partition coefficient (Wildman–Crippen LogP) is 1.40. The number of aliphatic hydroxyl groups is 1. The van der Waals surface area contributed by atoms with Gasteiger partial charge >= 0.3 is 12.1 Å². The Labute approximate surface area is 122 Å². The summed E-state index contributed by atoms with van der Waals surface area (Å²) in [6.07, 6.45) is -2.74. The van der Waals surface area contributed by atoms with E-state index in [1.165, 1.54) is 24.3 Å². The van der Waals surface area contributed by atoms with Crippen molar-refractivity contribution in [1.82, 2.24) is 5.32 Å². The van der Waals surface area contributed by atoms with Gasteiger partial charge in [0.1, 0.15) is 11.4 Å². The zero-order valence-corrected chi connectivity index (χ0v) is 12.0. The van der Waals surface area contributed by atoms with E-state index in [0.29, 0.717) is 0 Å². The molecule has 1 amide bonds. The highest BCUT2D eigenvalue weighted by atomic mass is 16.6. The van der Waals surface area contributed by atoms with Gasteiger partial charge in [0.05, 0.1) is 6.04 Å². The molecule has 7 heteroatoms. The Hall–Kier alpha value is -2.28. The van der Waals surface area contributed by atoms with Crippen LogP contribution in [0.3, 0.4) is 0 Å². The molecule has 21 heavy (non-hydrogen) atoms. The molecule has 0 aliphatic heterocycles. The second-order valence-electron chi connectivity index (χ2n) is 5.50. The third-order valence-electron chi connectivity index (χ3n) is 2.47. The minimum absolute atomic E-state index is 0.110. The molecule has 1 aromatic carbocycles. The molecule has 0 unspecified atom stereocenters. The number of phenols is 1. The minimum atomic E-state index is -1.88. The van der Waals surface area contributed by atoms with E-state index in [9.17, 15) is 19.8 Å². The number of carboxylic acid groups (broad SMARTS) is 1. The van der Waals surface area contributed by atoms with Crippen LogP contribution >= 0.6 is 0 Å². The minimum Gasteiger partial charge on any atom is -0.508 e. The van der Waals surface area contributed by atoms with Gasteiger partial charge in [-0.2, -0.15) is 0 Å². The van der Waals surface area contributed by atoms with Crippen molar-refractivity contribution < 1.29 is 29.6 Å². The zero-order valence-electron chi connectivity index (χ0n) is 12.0. The van der Waals surface area contributed by atoms with Crippen LogP contribution < -0.4 is 5.32 Å². The van der Waals surface area contributed by atoms with Crippen LogP contribution in [0.5, 0.6) is 5.75 Å². The topological polar surface area (TPSA) is 116 Å². The average molecular weight is 297 g/mol. The van der Waals surface area contributed by atoms with Crippen LogP contribution in [-0.2, 0) is 9.53 Å². The van der Waals surface area contributed by atoms with Crippen molar-refractivity contribution in [3.63, 3.8) is 0 Å². The number of aromatic hydroxyl groups is 1. The number of ether oxygens (including phenoxy) is 1. The van der Waals surface area contributed by atoms with Gasteiger partial charge in [0.15, 0.2) is 6.10 Å². The highest BCUT2D eigenvalue weighted by Crippen LogP contribution is 2.22. The number of nitrogens with one attached hydrogen (secondary N) is 1. The molecule has 0 aliphatic rings. The molecule has 1 rings (SSSR count). The normalized spacial score (nSPS) is 14.1. The standard InChI is InChI=1S/C14H19NO6/c1-14(2,3)21-13(20)15-10(11(17)12(18)19)8-5-4-6-9(16)7-8/h4-7,10-11,16-17H,1-3H3,(H,15,20)(H,18,19)/t10-,11-/m0/s1. The maximum Gasteiger partial charge on any atom is 0.408 e. The van der Waals surface area contributed by atoms with Crippen molar-refractivity contribution in [2.24, 2.45) is 0 Å². The van der Waals surface area contributed by atoms with Crippen LogP contribution in [0, 0.1) is 0 Å². The lowest BCUT2D eigenvalue weighted by molar-refractivity contribution is -0.148. The van der Waals surface area contributed by atoms with Gasteiger partial charge < -0.3 is 25.4 Å². The van der Waals surface area contributed by atoms with Gasteiger partial charge in [-0.15, -0.1) is 0 Å². The van der Waals surface area contributed by atoms with Gasteiger partial charge in [0.25, 0.3) is 0 Å². The first-order valence-electron chi connectivity index (χ1n) is 6.29. The van der Waals surface area contributed by atoms with Crippen LogP contribution in [-0.4, -0.2) is 39.1 Å². The van der Waals surface area contributed by atoms with Gasteiger partial charge in [0.2, 0.25) is 0 Å². The molecule has 0 aliphatic carbocycles. The summed E-state index contributed by atoms with van der Waals surface area (Å²) in [6, 6.07) is 4.36.